The molecule has 0 bridgehead atoms. The number of nitro benzene ring substituents is 1. The first-order valence-corrected chi connectivity index (χ1v) is 5.69. The van der Waals surface area contributed by atoms with Gasteiger partial charge in [0.15, 0.2) is 5.75 Å². The predicted molar refractivity (Wildman–Crippen MR) is 65.5 cm³/mol. The van der Waals surface area contributed by atoms with Gasteiger partial charge < -0.3 is 10.1 Å². The highest BCUT2D eigenvalue weighted by atomic mass is 16.6. The zero-order chi connectivity index (χ0) is 12.4. The molecular weight excluding hydrogens is 220 g/mol. The van der Waals surface area contributed by atoms with Gasteiger partial charge in [-0.15, -0.1) is 0 Å². The van der Waals surface area contributed by atoms with Crippen LogP contribution in [0.4, 0.5) is 11.4 Å². The maximum absolute atomic E-state index is 11.0. The number of nitrogens with zero attached hydrogens (tertiary/aromatic N) is 1. The SMILES string of the molecule is COc1cccc(NC2CC(C)C2)c1[N+](=O)[O-]. The molecule has 0 amide bonds. The molecule has 1 aliphatic rings. The molecule has 1 N–H and O–H groups in total. The molecule has 0 unspecified atom stereocenters. The lowest BCUT2D eigenvalue weighted by Gasteiger charge is -2.33. The van der Waals surface area contributed by atoms with E-state index in [1.807, 2.05) is 0 Å². The van der Waals surface area contributed by atoms with E-state index in [2.05, 4.69) is 12.2 Å². The molecular formula is C12H16N2O3. The number of hydrogen-bond donors (Lipinski definition) is 1. The lowest BCUT2D eigenvalue weighted by Crippen LogP contribution is -2.33. The Balaban J connectivity index is 2.23. The lowest BCUT2D eigenvalue weighted by molar-refractivity contribution is -0.384. The first kappa shape index (κ1) is 11.7. The Bertz CT molecular complexity index is 428. The fraction of sp³-hybridized carbons (Fsp3) is 0.500. The normalized spacial score (nSPS) is 22.7. The van der Waals surface area contributed by atoms with Gasteiger partial charge in [0, 0.05) is 6.04 Å². The van der Waals surface area contributed by atoms with Gasteiger partial charge in [-0.1, -0.05) is 13.0 Å². The third-order valence-corrected chi connectivity index (χ3v) is 3.13. The van der Waals surface area contributed by atoms with Gasteiger partial charge in [-0.3, -0.25) is 10.1 Å². The quantitative estimate of drug-likeness (QED) is 0.645. The summed E-state index contributed by atoms with van der Waals surface area (Å²) in [5.74, 6) is 1.00. The molecule has 0 aliphatic heterocycles. The molecule has 1 saturated carbocycles. The highest BCUT2D eigenvalue weighted by molar-refractivity contribution is 5.68. The van der Waals surface area contributed by atoms with Crippen molar-refractivity contribution in [3.05, 3.63) is 28.3 Å². The average molecular weight is 236 g/mol. The van der Waals surface area contributed by atoms with Crippen molar-refractivity contribution >= 4 is 11.4 Å². The molecule has 92 valence electrons. The fourth-order valence-electron chi connectivity index (χ4n) is 2.23. The highest BCUT2D eigenvalue weighted by Crippen LogP contribution is 2.37. The number of nitrogens with one attached hydrogen (secondary N) is 1. The molecule has 0 radical (unpaired) electrons. The molecule has 5 heteroatoms. The summed E-state index contributed by atoms with van der Waals surface area (Å²) in [5.41, 5.74) is 0.570. The number of para-hydroxylation sites is 1. The van der Waals surface area contributed by atoms with Gasteiger partial charge in [-0.05, 0) is 30.9 Å². The van der Waals surface area contributed by atoms with Gasteiger partial charge in [-0.25, -0.2) is 0 Å². The number of ether oxygens (including phenoxy) is 1. The van der Waals surface area contributed by atoms with Crippen LogP contribution in [-0.2, 0) is 0 Å². The summed E-state index contributed by atoms with van der Waals surface area (Å²) in [5, 5.41) is 14.3. The molecule has 0 aromatic heterocycles. The zero-order valence-electron chi connectivity index (χ0n) is 9.97. The summed E-state index contributed by atoms with van der Waals surface area (Å²) in [7, 11) is 1.44. The van der Waals surface area contributed by atoms with Crippen LogP contribution >= 0.6 is 0 Å². The van der Waals surface area contributed by atoms with Gasteiger partial charge >= 0.3 is 5.69 Å². The molecule has 5 nitrogen and oxygen atoms in total. The standard InChI is InChI=1S/C12H16N2O3/c1-8-6-9(7-8)13-10-4-3-5-11(17-2)12(10)14(15)16/h3-5,8-9,13H,6-7H2,1-2H3. The maximum atomic E-state index is 11.0. The lowest BCUT2D eigenvalue weighted by atomic mass is 9.82. The minimum absolute atomic E-state index is 0.0227. The van der Waals surface area contributed by atoms with E-state index < -0.39 is 4.92 Å². The van der Waals surface area contributed by atoms with Crippen molar-refractivity contribution in [2.45, 2.75) is 25.8 Å². The monoisotopic (exact) mass is 236 g/mol. The summed E-state index contributed by atoms with van der Waals surface area (Å²) in [6.45, 7) is 2.18. The third kappa shape index (κ3) is 2.33. The van der Waals surface area contributed by atoms with Crippen LogP contribution in [-0.4, -0.2) is 18.1 Å². The van der Waals surface area contributed by atoms with Crippen molar-refractivity contribution in [1.29, 1.82) is 0 Å². The molecule has 0 heterocycles. The highest BCUT2D eigenvalue weighted by Gasteiger charge is 2.28. The topological polar surface area (TPSA) is 64.4 Å². The van der Waals surface area contributed by atoms with Crippen LogP contribution in [0.5, 0.6) is 5.75 Å². The van der Waals surface area contributed by atoms with Gasteiger partial charge in [0.2, 0.25) is 0 Å². The van der Waals surface area contributed by atoms with Crippen LogP contribution in [0.3, 0.4) is 0 Å². The summed E-state index contributed by atoms with van der Waals surface area (Å²) < 4.78 is 5.02. The molecule has 17 heavy (non-hydrogen) atoms. The second-order valence-electron chi connectivity index (χ2n) is 4.53. The van der Waals surface area contributed by atoms with E-state index in [1.165, 1.54) is 7.11 Å². The van der Waals surface area contributed by atoms with E-state index in [0.29, 0.717) is 23.4 Å². The second kappa shape index (κ2) is 4.61. The van der Waals surface area contributed by atoms with Crippen molar-refractivity contribution in [3.8, 4) is 5.75 Å². The molecule has 1 aliphatic carbocycles. The molecule has 0 saturated heterocycles. The van der Waals surface area contributed by atoms with Crippen LogP contribution in [0.25, 0.3) is 0 Å². The van der Waals surface area contributed by atoms with E-state index >= 15 is 0 Å². The van der Waals surface area contributed by atoms with E-state index in [1.54, 1.807) is 18.2 Å². The number of methoxy groups -OCH3 is 1. The Hall–Kier alpha value is -1.78. The summed E-state index contributed by atoms with van der Waals surface area (Å²) >= 11 is 0. The predicted octanol–water partition coefficient (Wildman–Crippen LogP) is 2.81. The Kier molecular flexibility index (Phi) is 3.17. The van der Waals surface area contributed by atoms with Gasteiger partial charge in [-0.2, -0.15) is 0 Å². The fourth-order valence-corrected chi connectivity index (χ4v) is 2.23. The van der Waals surface area contributed by atoms with Gasteiger partial charge in [0.25, 0.3) is 0 Å². The number of nitro groups is 1. The molecule has 0 atom stereocenters. The van der Waals surface area contributed by atoms with Crippen molar-refractivity contribution in [2.24, 2.45) is 5.92 Å². The second-order valence-corrected chi connectivity index (χ2v) is 4.53. The number of hydrogen-bond acceptors (Lipinski definition) is 4. The Morgan fingerprint density at radius 1 is 1.47 bits per heavy atom. The van der Waals surface area contributed by atoms with Crippen molar-refractivity contribution in [2.75, 3.05) is 12.4 Å². The van der Waals surface area contributed by atoms with Crippen LogP contribution in [0, 0.1) is 16.0 Å². The van der Waals surface area contributed by atoms with Crippen molar-refractivity contribution in [1.82, 2.24) is 0 Å². The smallest absolute Gasteiger partial charge is 0.333 e. The minimum atomic E-state index is -0.400. The zero-order valence-corrected chi connectivity index (χ0v) is 9.97. The molecule has 0 spiro atoms. The van der Waals surface area contributed by atoms with Crippen LogP contribution < -0.4 is 10.1 Å². The van der Waals surface area contributed by atoms with E-state index in [0.717, 1.165) is 12.8 Å². The number of anilines is 1. The van der Waals surface area contributed by atoms with E-state index in [9.17, 15) is 10.1 Å². The first-order chi connectivity index (χ1) is 8.11. The van der Waals surface area contributed by atoms with E-state index in [-0.39, 0.29) is 5.69 Å². The average Bonchev–Trinajstić information content (AvgIpc) is 2.26. The largest absolute Gasteiger partial charge is 0.490 e. The van der Waals surface area contributed by atoms with E-state index in [4.69, 9.17) is 4.74 Å². The molecule has 1 aromatic rings. The molecule has 1 fully saturated rings. The Labute approximate surface area is 99.9 Å². The van der Waals surface area contributed by atoms with Gasteiger partial charge in [0.1, 0.15) is 5.69 Å². The number of benzene rings is 1. The molecule has 2 rings (SSSR count). The van der Waals surface area contributed by atoms with Gasteiger partial charge in [0.05, 0.1) is 12.0 Å². The summed E-state index contributed by atoms with van der Waals surface area (Å²) in [6, 6.07) is 5.43. The van der Waals surface area contributed by atoms with Crippen LogP contribution in [0.2, 0.25) is 0 Å². The number of rotatable bonds is 4. The van der Waals surface area contributed by atoms with Crippen molar-refractivity contribution < 1.29 is 9.66 Å². The molecule has 1 aromatic carbocycles. The minimum Gasteiger partial charge on any atom is -0.490 e. The Morgan fingerprint density at radius 3 is 2.71 bits per heavy atom. The van der Waals surface area contributed by atoms with Crippen LogP contribution in [0.15, 0.2) is 18.2 Å². The maximum Gasteiger partial charge on any atom is 0.333 e. The summed E-state index contributed by atoms with van der Waals surface area (Å²) in [4.78, 5) is 10.6. The third-order valence-electron chi connectivity index (χ3n) is 3.13. The van der Waals surface area contributed by atoms with Crippen LogP contribution in [0.1, 0.15) is 19.8 Å². The first-order valence-electron chi connectivity index (χ1n) is 5.69. The Morgan fingerprint density at radius 2 is 2.18 bits per heavy atom. The summed E-state index contributed by atoms with van der Waals surface area (Å²) in [6.07, 6.45) is 2.13. The van der Waals surface area contributed by atoms with Crippen molar-refractivity contribution in [3.63, 3.8) is 0 Å².